The largest absolute Gasteiger partial charge is 0.317 e. The summed E-state index contributed by atoms with van der Waals surface area (Å²) in [6, 6.07) is 7.61. The molecule has 1 rings (SSSR count). The molecule has 5 heteroatoms. The summed E-state index contributed by atoms with van der Waals surface area (Å²) < 4.78 is 26.8. The van der Waals surface area contributed by atoms with E-state index in [1.807, 2.05) is 24.3 Å². The van der Waals surface area contributed by atoms with Crippen molar-refractivity contribution < 1.29 is 8.42 Å². The number of aryl methyl sites for hydroxylation is 1. The van der Waals surface area contributed by atoms with Crippen molar-refractivity contribution in [2.24, 2.45) is 0 Å². The molecule has 0 aliphatic rings. The van der Waals surface area contributed by atoms with E-state index in [4.69, 9.17) is 0 Å². The van der Waals surface area contributed by atoms with Gasteiger partial charge in [0.05, 0.1) is 11.4 Å². The van der Waals surface area contributed by atoms with Crippen LogP contribution in [0.25, 0.3) is 0 Å². The molecule has 0 aliphatic carbocycles. The maximum atomic E-state index is 12.1. The van der Waals surface area contributed by atoms with E-state index in [2.05, 4.69) is 23.9 Å². The lowest BCUT2D eigenvalue weighted by molar-refractivity contribution is 0.593. The molecule has 1 aromatic carbocycles. The summed E-state index contributed by atoms with van der Waals surface area (Å²) in [6.07, 6.45) is 3.58. The van der Waals surface area contributed by atoms with Crippen molar-refractivity contribution in [3.63, 3.8) is 0 Å². The number of benzene rings is 1. The minimum atomic E-state index is -3.25. The molecule has 2 N–H and O–H groups in total. The normalized spacial score (nSPS) is 11.5. The predicted molar refractivity (Wildman–Crippen MR) is 85.6 cm³/mol. The minimum Gasteiger partial charge on any atom is -0.317 e. The van der Waals surface area contributed by atoms with Gasteiger partial charge in [0.25, 0.3) is 0 Å². The van der Waals surface area contributed by atoms with Crippen molar-refractivity contribution in [3.8, 4) is 0 Å². The fourth-order valence-corrected chi connectivity index (χ4v) is 3.18. The Bertz CT molecular complexity index is 486. The van der Waals surface area contributed by atoms with Crippen molar-refractivity contribution >= 4 is 15.7 Å². The van der Waals surface area contributed by atoms with Crippen LogP contribution in [0.1, 0.15) is 38.7 Å². The van der Waals surface area contributed by atoms with Gasteiger partial charge in [-0.1, -0.05) is 38.5 Å². The number of hydrogen-bond donors (Lipinski definition) is 2. The van der Waals surface area contributed by atoms with Gasteiger partial charge in [0.2, 0.25) is 10.0 Å². The van der Waals surface area contributed by atoms with Gasteiger partial charge >= 0.3 is 0 Å². The maximum absolute atomic E-state index is 12.1. The van der Waals surface area contributed by atoms with Crippen LogP contribution in [0.15, 0.2) is 24.3 Å². The van der Waals surface area contributed by atoms with E-state index in [9.17, 15) is 8.42 Å². The van der Waals surface area contributed by atoms with Gasteiger partial charge in [-0.05, 0) is 44.0 Å². The molecule has 0 aromatic heterocycles. The number of rotatable bonds is 10. The lowest BCUT2D eigenvalue weighted by Gasteiger charge is -2.12. The summed E-state index contributed by atoms with van der Waals surface area (Å²) >= 11 is 0. The number of para-hydroxylation sites is 1. The standard InChI is InChI=1S/C15H26N2O2S/c1-3-8-14-9-5-6-10-15(14)17-20(18,19)13-7-12-16-11-4-2/h5-6,9-10,16-17H,3-4,7-8,11-13H2,1-2H3. The molecule has 20 heavy (non-hydrogen) atoms. The van der Waals surface area contributed by atoms with Crippen LogP contribution in [-0.4, -0.2) is 27.3 Å². The molecular weight excluding hydrogens is 272 g/mol. The van der Waals surface area contributed by atoms with E-state index in [-0.39, 0.29) is 5.75 Å². The smallest absolute Gasteiger partial charge is 0.232 e. The molecule has 0 amide bonds. The average Bonchev–Trinajstić information content (AvgIpc) is 2.41. The van der Waals surface area contributed by atoms with Crippen LogP contribution in [0.2, 0.25) is 0 Å². The van der Waals surface area contributed by atoms with Crippen LogP contribution in [0, 0.1) is 0 Å². The van der Waals surface area contributed by atoms with Crippen molar-refractivity contribution in [2.45, 2.75) is 39.5 Å². The van der Waals surface area contributed by atoms with Crippen molar-refractivity contribution in [2.75, 3.05) is 23.6 Å². The second kappa shape index (κ2) is 8.97. The highest BCUT2D eigenvalue weighted by Gasteiger charge is 2.11. The van der Waals surface area contributed by atoms with Crippen molar-refractivity contribution in [1.82, 2.24) is 5.32 Å². The molecule has 4 nitrogen and oxygen atoms in total. The second-order valence-electron chi connectivity index (χ2n) is 4.93. The Morgan fingerprint density at radius 1 is 1.05 bits per heavy atom. The first-order chi connectivity index (χ1) is 9.59. The lowest BCUT2D eigenvalue weighted by Crippen LogP contribution is -2.22. The molecule has 1 aromatic rings. The Hall–Kier alpha value is -1.07. The van der Waals surface area contributed by atoms with Gasteiger partial charge in [-0.2, -0.15) is 0 Å². The van der Waals surface area contributed by atoms with E-state index in [1.165, 1.54) is 0 Å². The van der Waals surface area contributed by atoms with Crippen LogP contribution in [0.5, 0.6) is 0 Å². The average molecular weight is 298 g/mol. The molecule has 0 saturated carbocycles. The van der Waals surface area contributed by atoms with Gasteiger partial charge in [-0.3, -0.25) is 4.72 Å². The zero-order chi connectivity index (χ0) is 14.8. The molecule has 0 fully saturated rings. The summed E-state index contributed by atoms with van der Waals surface area (Å²) in [6.45, 7) is 5.86. The zero-order valence-electron chi connectivity index (χ0n) is 12.5. The van der Waals surface area contributed by atoms with Crippen LogP contribution in [0.4, 0.5) is 5.69 Å². The summed E-state index contributed by atoms with van der Waals surface area (Å²) in [5, 5.41) is 3.21. The fraction of sp³-hybridized carbons (Fsp3) is 0.600. The summed E-state index contributed by atoms with van der Waals surface area (Å²) in [7, 11) is -3.25. The monoisotopic (exact) mass is 298 g/mol. The van der Waals surface area contributed by atoms with Crippen molar-refractivity contribution in [3.05, 3.63) is 29.8 Å². The third kappa shape index (κ3) is 6.39. The Kier molecular flexibility index (Phi) is 7.62. The van der Waals surface area contributed by atoms with Gasteiger partial charge in [0, 0.05) is 0 Å². The molecule has 0 spiro atoms. The first-order valence-corrected chi connectivity index (χ1v) is 9.03. The summed E-state index contributed by atoms with van der Waals surface area (Å²) in [5.41, 5.74) is 1.78. The van der Waals surface area contributed by atoms with E-state index in [1.54, 1.807) is 0 Å². The quantitative estimate of drug-likeness (QED) is 0.653. The predicted octanol–water partition coefficient (Wildman–Crippen LogP) is 2.77. The number of nitrogens with one attached hydrogen (secondary N) is 2. The van der Waals surface area contributed by atoms with Crippen LogP contribution in [0.3, 0.4) is 0 Å². The number of sulfonamides is 1. The fourth-order valence-electron chi connectivity index (χ4n) is 2.01. The summed E-state index contributed by atoms with van der Waals surface area (Å²) in [4.78, 5) is 0. The Morgan fingerprint density at radius 3 is 2.50 bits per heavy atom. The first kappa shape index (κ1) is 17.0. The summed E-state index contributed by atoms with van der Waals surface area (Å²) in [5.74, 6) is 0.157. The second-order valence-corrected chi connectivity index (χ2v) is 6.77. The lowest BCUT2D eigenvalue weighted by atomic mass is 10.1. The molecule has 0 radical (unpaired) electrons. The zero-order valence-corrected chi connectivity index (χ0v) is 13.3. The van der Waals surface area contributed by atoms with Crippen LogP contribution >= 0.6 is 0 Å². The third-order valence-corrected chi connectivity index (χ3v) is 4.35. The van der Waals surface area contributed by atoms with E-state index in [0.717, 1.165) is 43.6 Å². The minimum absolute atomic E-state index is 0.157. The molecule has 114 valence electrons. The molecule has 0 heterocycles. The first-order valence-electron chi connectivity index (χ1n) is 7.38. The van der Waals surface area contributed by atoms with Crippen LogP contribution in [-0.2, 0) is 16.4 Å². The number of anilines is 1. The van der Waals surface area contributed by atoms with Crippen molar-refractivity contribution in [1.29, 1.82) is 0 Å². The molecule has 0 bridgehead atoms. The number of hydrogen-bond acceptors (Lipinski definition) is 3. The van der Waals surface area contributed by atoms with E-state index >= 15 is 0 Å². The van der Waals surface area contributed by atoms with E-state index < -0.39 is 10.0 Å². The van der Waals surface area contributed by atoms with Gasteiger partial charge in [0.1, 0.15) is 0 Å². The highest BCUT2D eigenvalue weighted by molar-refractivity contribution is 7.92. The van der Waals surface area contributed by atoms with Gasteiger partial charge in [0.15, 0.2) is 0 Å². The Labute approximate surface area is 123 Å². The van der Waals surface area contributed by atoms with Crippen LogP contribution < -0.4 is 10.0 Å². The topological polar surface area (TPSA) is 58.2 Å². The molecule has 0 atom stereocenters. The maximum Gasteiger partial charge on any atom is 0.232 e. The highest BCUT2D eigenvalue weighted by Crippen LogP contribution is 2.18. The van der Waals surface area contributed by atoms with Gasteiger partial charge < -0.3 is 5.32 Å². The Balaban J connectivity index is 2.53. The van der Waals surface area contributed by atoms with Gasteiger partial charge in [-0.25, -0.2) is 8.42 Å². The SMILES string of the molecule is CCCNCCCS(=O)(=O)Nc1ccccc1CCC. The third-order valence-electron chi connectivity index (χ3n) is 3.00. The highest BCUT2D eigenvalue weighted by atomic mass is 32.2. The molecule has 0 unspecified atom stereocenters. The van der Waals surface area contributed by atoms with Gasteiger partial charge in [-0.15, -0.1) is 0 Å². The van der Waals surface area contributed by atoms with E-state index in [0.29, 0.717) is 6.42 Å². The molecular formula is C15H26N2O2S. The molecule has 0 saturated heterocycles. The molecule has 0 aliphatic heterocycles. The Morgan fingerprint density at radius 2 is 1.80 bits per heavy atom.